The highest BCUT2D eigenvalue weighted by Gasteiger charge is 2.47. The average Bonchev–Trinajstić information content (AvgIpc) is 2.86. The molecule has 2 amide bonds. The number of anilines is 1. The van der Waals surface area contributed by atoms with Gasteiger partial charge in [-0.05, 0) is 56.6 Å². The van der Waals surface area contributed by atoms with Crippen molar-refractivity contribution in [1.29, 1.82) is 0 Å². The van der Waals surface area contributed by atoms with E-state index < -0.39 is 0 Å². The van der Waals surface area contributed by atoms with Crippen LogP contribution in [0.1, 0.15) is 77.0 Å². The normalized spacial score (nSPS) is 29.6. The van der Waals surface area contributed by atoms with Crippen molar-refractivity contribution >= 4 is 17.5 Å². The van der Waals surface area contributed by atoms with Gasteiger partial charge in [-0.2, -0.15) is 0 Å². The molecule has 4 nitrogen and oxygen atoms in total. The fraction of sp³-hybridized carbons (Fsp3) is 0.643. The first kappa shape index (κ1) is 21.7. The minimum atomic E-state index is -0.212. The third-order valence-electron chi connectivity index (χ3n) is 8.48. The zero-order chi connectivity index (χ0) is 21.9. The molecule has 1 saturated heterocycles. The Morgan fingerprint density at radius 1 is 0.844 bits per heavy atom. The highest BCUT2D eigenvalue weighted by Crippen LogP contribution is 2.41. The van der Waals surface area contributed by atoms with E-state index in [1.54, 1.807) is 0 Å². The van der Waals surface area contributed by atoms with Crippen molar-refractivity contribution in [1.82, 2.24) is 4.90 Å². The number of allylic oxidation sites excluding steroid dienone is 2. The summed E-state index contributed by atoms with van der Waals surface area (Å²) in [6.07, 6.45) is 18.2. The first-order chi connectivity index (χ1) is 15.7. The molecule has 1 aliphatic heterocycles. The SMILES string of the molecule is O=C1[C@H]2[C@@H](C(=O)N(C3CCCCC3)C3CCCCC3)CC=C[C@H]2CCN1c1ccccc1. The average molecular weight is 435 g/mol. The van der Waals surface area contributed by atoms with Crippen LogP contribution in [0.15, 0.2) is 42.5 Å². The van der Waals surface area contributed by atoms with Gasteiger partial charge in [-0.3, -0.25) is 9.59 Å². The summed E-state index contributed by atoms with van der Waals surface area (Å²) in [5.74, 6) is 0.225. The summed E-state index contributed by atoms with van der Waals surface area (Å²) < 4.78 is 0. The number of rotatable bonds is 4. The third kappa shape index (κ3) is 4.25. The molecule has 0 unspecified atom stereocenters. The Balaban J connectivity index is 1.42. The lowest BCUT2D eigenvalue weighted by atomic mass is 9.70. The molecule has 3 fully saturated rings. The van der Waals surface area contributed by atoms with Gasteiger partial charge in [0.2, 0.25) is 11.8 Å². The molecule has 0 N–H and O–H groups in total. The van der Waals surface area contributed by atoms with Gasteiger partial charge in [-0.15, -0.1) is 0 Å². The van der Waals surface area contributed by atoms with Crippen LogP contribution in [-0.2, 0) is 9.59 Å². The molecule has 3 aliphatic carbocycles. The highest BCUT2D eigenvalue weighted by molar-refractivity contribution is 5.99. The molecule has 4 aliphatic rings. The molecule has 0 radical (unpaired) electrons. The van der Waals surface area contributed by atoms with Crippen LogP contribution in [0.2, 0.25) is 0 Å². The zero-order valence-corrected chi connectivity index (χ0v) is 19.3. The number of nitrogens with zero attached hydrogens (tertiary/aromatic N) is 2. The second-order valence-corrected chi connectivity index (χ2v) is 10.4. The lowest BCUT2D eigenvalue weighted by Gasteiger charge is -2.47. The van der Waals surface area contributed by atoms with Crippen molar-refractivity contribution in [2.75, 3.05) is 11.4 Å². The topological polar surface area (TPSA) is 40.6 Å². The largest absolute Gasteiger partial charge is 0.336 e. The maximum Gasteiger partial charge on any atom is 0.231 e. The fourth-order valence-corrected chi connectivity index (χ4v) is 6.85. The van der Waals surface area contributed by atoms with E-state index in [2.05, 4.69) is 17.1 Å². The van der Waals surface area contributed by atoms with E-state index in [9.17, 15) is 9.59 Å². The number of hydrogen-bond donors (Lipinski definition) is 0. The maximum atomic E-state index is 14.3. The summed E-state index contributed by atoms with van der Waals surface area (Å²) in [7, 11) is 0. The molecule has 1 aromatic carbocycles. The minimum Gasteiger partial charge on any atom is -0.336 e. The van der Waals surface area contributed by atoms with Crippen molar-refractivity contribution in [3.05, 3.63) is 42.5 Å². The molecule has 3 atom stereocenters. The number of carbonyl (C=O) groups is 2. The van der Waals surface area contributed by atoms with Crippen LogP contribution in [0.5, 0.6) is 0 Å². The smallest absolute Gasteiger partial charge is 0.231 e. The van der Waals surface area contributed by atoms with E-state index in [0.29, 0.717) is 18.5 Å². The molecule has 0 aromatic heterocycles. The molecule has 1 aromatic rings. The predicted molar refractivity (Wildman–Crippen MR) is 128 cm³/mol. The third-order valence-corrected chi connectivity index (χ3v) is 8.48. The van der Waals surface area contributed by atoms with Gasteiger partial charge in [0.15, 0.2) is 0 Å². The van der Waals surface area contributed by atoms with E-state index in [1.165, 1.54) is 38.5 Å². The van der Waals surface area contributed by atoms with Gasteiger partial charge in [0.05, 0.1) is 11.8 Å². The molecular formula is C28H38N2O2. The van der Waals surface area contributed by atoms with Gasteiger partial charge in [0.25, 0.3) is 0 Å². The number of amides is 2. The van der Waals surface area contributed by atoms with Gasteiger partial charge in [-0.1, -0.05) is 68.9 Å². The Morgan fingerprint density at radius 3 is 2.09 bits per heavy atom. The van der Waals surface area contributed by atoms with Crippen molar-refractivity contribution in [3.8, 4) is 0 Å². The first-order valence-electron chi connectivity index (χ1n) is 13.1. The van der Waals surface area contributed by atoms with Gasteiger partial charge >= 0.3 is 0 Å². The van der Waals surface area contributed by atoms with Crippen LogP contribution in [0.25, 0.3) is 0 Å². The van der Waals surface area contributed by atoms with Crippen molar-refractivity contribution in [3.63, 3.8) is 0 Å². The van der Waals surface area contributed by atoms with E-state index in [4.69, 9.17) is 0 Å². The molecule has 0 bridgehead atoms. The van der Waals surface area contributed by atoms with Crippen LogP contribution in [0.4, 0.5) is 5.69 Å². The Hall–Kier alpha value is -2.10. The van der Waals surface area contributed by atoms with E-state index >= 15 is 0 Å². The molecule has 172 valence electrons. The Bertz CT molecular complexity index is 805. The van der Waals surface area contributed by atoms with Gasteiger partial charge in [0, 0.05) is 24.3 Å². The summed E-state index contributed by atoms with van der Waals surface area (Å²) in [6, 6.07) is 10.8. The standard InChI is InChI=1S/C28H38N2O2/c31-27(30(23-14-6-2-7-15-23)24-16-8-3-9-17-24)25-18-10-11-21-19-20-29(28(32)26(21)25)22-12-4-1-5-13-22/h1,4-5,10-13,21,23-26H,2-3,6-9,14-20H2/t21-,25-,26+/m0/s1. The van der Waals surface area contributed by atoms with Crippen molar-refractivity contribution in [2.45, 2.75) is 89.1 Å². The predicted octanol–water partition coefficient (Wildman–Crippen LogP) is 5.73. The molecule has 0 spiro atoms. The Kier molecular flexibility index (Phi) is 6.66. The summed E-state index contributed by atoms with van der Waals surface area (Å²) >= 11 is 0. The zero-order valence-electron chi connectivity index (χ0n) is 19.3. The van der Waals surface area contributed by atoms with E-state index in [-0.39, 0.29) is 29.6 Å². The lowest BCUT2D eigenvalue weighted by molar-refractivity contribution is -0.149. The summed E-state index contributed by atoms with van der Waals surface area (Å²) in [5.41, 5.74) is 0.966. The number of para-hydroxylation sites is 1. The Labute approximate surface area is 193 Å². The summed E-state index contributed by atoms with van der Waals surface area (Å²) in [4.78, 5) is 32.3. The molecular weight excluding hydrogens is 396 g/mol. The van der Waals surface area contributed by atoms with Crippen LogP contribution in [-0.4, -0.2) is 35.3 Å². The van der Waals surface area contributed by atoms with Crippen LogP contribution < -0.4 is 4.90 Å². The molecule has 4 heteroatoms. The Morgan fingerprint density at radius 2 is 1.47 bits per heavy atom. The van der Waals surface area contributed by atoms with Gasteiger partial charge in [0.1, 0.15) is 0 Å². The number of fused-ring (bicyclic) bond motifs is 1. The monoisotopic (exact) mass is 434 g/mol. The van der Waals surface area contributed by atoms with Crippen LogP contribution >= 0.6 is 0 Å². The summed E-state index contributed by atoms with van der Waals surface area (Å²) in [6.45, 7) is 0.740. The minimum absolute atomic E-state index is 0.155. The number of benzene rings is 1. The van der Waals surface area contributed by atoms with Crippen molar-refractivity contribution < 1.29 is 9.59 Å². The molecule has 1 heterocycles. The molecule has 5 rings (SSSR count). The van der Waals surface area contributed by atoms with Gasteiger partial charge < -0.3 is 9.80 Å². The van der Waals surface area contributed by atoms with Crippen LogP contribution in [0, 0.1) is 17.8 Å². The second-order valence-electron chi connectivity index (χ2n) is 10.4. The molecule has 2 saturated carbocycles. The second kappa shape index (κ2) is 9.80. The molecule has 32 heavy (non-hydrogen) atoms. The number of hydrogen-bond acceptors (Lipinski definition) is 2. The van der Waals surface area contributed by atoms with Crippen molar-refractivity contribution in [2.24, 2.45) is 17.8 Å². The van der Waals surface area contributed by atoms with E-state index in [1.807, 2.05) is 35.2 Å². The summed E-state index contributed by atoms with van der Waals surface area (Å²) in [5, 5.41) is 0. The fourth-order valence-electron chi connectivity index (χ4n) is 6.85. The maximum absolute atomic E-state index is 14.3. The van der Waals surface area contributed by atoms with Gasteiger partial charge in [-0.25, -0.2) is 0 Å². The highest BCUT2D eigenvalue weighted by atomic mass is 16.2. The van der Waals surface area contributed by atoms with E-state index in [0.717, 1.165) is 44.3 Å². The quantitative estimate of drug-likeness (QED) is 0.568. The number of piperidine rings is 1. The first-order valence-corrected chi connectivity index (χ1v) is 13.1. The van der Waals surface area contributed by atoms with Crippen LogP contribution in [0.3, 0.4) is 0 Å². The lowest BCUT2D eigenvalue weighted by Crippen LogP contribution is -2.56. The number of carbonyl (C=O) groups excluding carboxylic acids is 2.